The first-order valence-electron chi connectivity index (χ1n) is 8.67. The van der Waals surface area contributed by atoms with Crippen molar-refractivity contribution >= 4 is 5.91 Å². The lowest BCUT2D eigenvalue weighted by Gasteiger charge is -2.32. The van der Waals surface area contributed by atoms with Crippen molar-refractivity contribution in [3.8, 4) is 11.4 Å². The van der Waals surface area contributed by atoms with Gasteiger partial charge < -0.3 is 9.47 Å². The van der Waals surface area contributed by atoms with Crippen LogP contribution < -0.4 is 0 Å². The fraction of sp³-hybridized carbons (Fsp3) is 0.500. The molecule has 0 aliphatic carbocycles. The first-order valence-corrected chi connectivity index (χ1v) is 8.67. The minimum atomic E-state index is -0.00183. The van der Waals surface area contributed by atoms with E-state index in [2.05, 4.69) is 45.6 Å². The van der Waals surface area contributed by atoms with E-state index < -0.39 is 0 Å². The summed E-state index contributed by atoms with van der Waals surface area (Å²) in [6.45, 7) is 7.42. The number of hydrogen-bond acceptors (Lipinski definition) is 4. The maximum atomic E-state index is 12.6. The Hall–Kier alpha value is -2.21. The summed E-state index contributed by atoms with van der Waals surface area (Å²) >= 11 is 0. The third kappa shape index (κ3) is 2.51. The van der Waals surface area contributed by atoms with Crippen molar-refractivity contribution in [3.63, 3.8) is 0 Å². The van der Waals surface area contributed by atoms with Crippen molar-refractivity contribution in [2.24, 2.45) is 0 Å². The van der Waals surface area contributed by atoms with Gasteiger partial charge >= 0.3 is 0 Å². The average molecular weight is 325 g/mol. The maximum Gasteiger partial charge on any atom is 0.240 e. The zero-order valence-electron chi connectivity index (χ0n) is 14.2. The Labute approximate surface area is 142 Å². The largest absolute Gasteiger partial charge is 0.339 e. The van der Waals surface area contributed by atoms with Crippen LogP contribution in [0.15, 0.2) is 30.3 Å². The highest BCUT2D eigenvalue weighted by molar-refractivity contribution is 5.84. The Morgan fingerprint density at radius 1 is 1.08 bits per heavy atom. The lowest BCUT2D eigenvalue weighted by Crippen LogP contribution is -2.46. The van der Waals surface area contributed by atoms with Crippen LogP contribution in [0.2, 0.25) is 0 Å². The van der Waals surface area contributed by atoms with Gasteiger partial charge in [-0.2, -0.15) is 0 Å². The van der Waals surface area contributed by atoms with Gasteiger partial charge in [0.2, 0.25) is 5.91 Å². The molecule has 0 saturated carbocycles. The quantitative estimate of drug-likeness (QED) is 0.863. The van der Waals surface area contributed by atoms with E-state index in [0.29, 0.717) is 6.54 Å². The highest BCUT2D eigenvalue weighted by atomic mass is 16.2. The van der Waals surface area contributed by atoms with Gasteiger partial charge in [0, 0.05) is 31.2 Å². The van der Waals surface area contributed by atoms with Gasteiger partial charge in [0.25, 0.3) is 0 Å². The lowest BCUT2D eigenvalue weighted by atomic mass is 10.1. The van der Waals surface area contributed by atoms with Gasteiger partial charge in [0.15, 0.2) is 5.82 Å². The molecule has 1 aromatic heterocycles. The monoisotopic (exact) mass is 325 g/mol. The number of hydrogen-bond donors (Lipinski definition) is 0. The molecule has 0 N–H and O–H groups in total. The first kappa shape index (κ1) is 15.3. The first-order chi connectivity index (χ1) is 11.6. The van der Waals surface area contributed by atoms with Crippen LogP contribution in [0.4, 0.5) is 0 Å². The predicted octanol–water partition coefficient (Wildman–Crippen LogP) is 1.77. The third-order valence-corrected chi connectivity index (χ3v) is 5.09. The van der Waals surface area contributed by atoms with E-state index in [1.165, 1.54) is 0 Å². The van der Waals surface area contributed by atoms with E-state index in [-0.39, 0.29) is 18.0 Å². The van der Waals surface area contributed by atoms with E-state index >= 15 is 0 Å². The van der Waals surface area contributed by atoms with Gasteiger partial charge in [-0.25, -0.2) is 0 Å². The average Bonchev–Trinajstić information content (AvgIpc) is 3.18. The van der Waals surface area contributed by atoms with Crippen molar-refractivity contribution in [1.29, 1.82) is 0 Å². The molecule has 6 nitrogen and oxygen atoms in total. The fourth-order valence-electron chi connectivity index (χ4n) is 3.78. The number of rotatable bonds is 3. The molecule has 1 atom stereocenters. The molecule has 1 saturated heterocycles. The Balaban J connectivity index is 1.54. The van der Waals surface area contributed by atoms with Gasteiger partial charge in [-0.3, -0.25) is 9.69 Å². The highest BCUT2D eigenvalue weighted by Gasteiger charge is 2.38. The molecule has 2 aromatic rings. The zero-order chi connectivity index (χ0) is 16.7. The van der Waals surface area contributed by atoms with Crippen molar-refractivity contribution in [1.82, 2.24) is 24.6 Å². The molecule has 3 heterocycles. The van der Waals surface area contributed by atoms with Crippen LogP contribution >= 0.6 is 0 Å². The van der Waals surface area contributed by atoms with Crippen LogP contribution in [0.25, 0.3) is 11.4 Å². The van der Waals surface area contributed by atoms with Gasteiger partial charge in [0.1, 0.15) is 5.82 Å². The summed E-state index contributed by atoms with van der Waals surface area (Å²) in [7, 11) is 0. The SMILES string of the molecule is CC(C)N1CCC(N2CCn3c(nnc3-c3ccccc3)C2)C1=O. The summed E-state index contributed by atoms with van der Waals surface area (Å²) in [5.74, 6) is 2.14. The summed E-state index contributed by atoms with van der Waals surface area (Å²) in [5.41, 5.74) is 1.09. The molecule has 2 aliphatic rings. The van der Waals surface area contributed by atoms with Crippen LogP contribution in [0.3, 0.4) is 0 Å². The minimum absolute atomic E-state index is 0.00183. The number of amides is 1. The van der Waals surface area contributed by atoms with Crippen molar-refractivity contribution in [3.05, 3.63) is 36.2 Å². The summed E-state index contributed by atoms with van der Waals surface area (Å²) in [5, 5.41) is 8.76. The molecule has 1 unspecified atom stereocenters. The molecule has 6 heteroatoms. The molecule has 24 heavy (non-hydrogen) atoms. The second-order valence-corrected chi connectivity index (χ2v) is 6.86. The van der Waals surface area contributed by atoms with Gasteiger partial charge in [-0.1, -0.05) is 30.3 Å². The Bertz CT molecular complexity index is 739. The summed E-state index contributed by atoms with van der Waals surface area (Å²) < 4.78 is 2.19. The molecule has 0 radical (unpaired) electrons. The molecule has 4 rings (SSSR count). The third-order valence-electron chi connectivity index (χ3n) is 5.09. The number of likely N-dealkylation sites (tertiary alicyclic amines) is 1. The normalized spacial score (nSPS) is 21.5. The minimum Gasteiger partial charge on any atom is -0.339 e. The van der Waals surface area contributed by atoms with Gasteiger partial charge in [-0.05, 0) is 20.3 Å². The topological polar surface area (TPSA) is 54.3 Å². The van der Waals surface area contributed by atoms with Crippen LogP contribution in [-0.4, -0.2) is 55.6 Å². The number of fused-ring (bicyclic) bond motifs is 1. The second-order valence-electron chi connectivity index (χ2n) is 6.86. The fourth-order valence-corrected chi connectivity index (χ4v) is 3.78. The summed E-state index contributed by atoms with van der Waals surface area (Å²) in [4.78, 5) is 16.9. The standard InChI is InChI=1S/C18H23N5O/c1-13(2)22-9-8-15(18(22)24)21-10-11-23-16(12-21)19-20-17(23)14-6-4-3-5-7-14/h3-7,13,15H,8-12H2,1-2H3. The van der Waals surface area contributed by atoms with Crippen LogP contribution in [0, 0.1) is 0 Å². The Morgan fingerprint density at radius 2 is 1.88 bits per heavy atom. The molecular weight excluding hydrogens is 302 g/mol. The number of carbonyl (C=O) groups excluding carboxylic acids is 1. The van der Waals surface area contributed by atoms with Crippen LogP contribution in [0.1, 0.15) is 26.1 Å². The number of aromatic nitrogens is 3. The second kappa shape index (κ2) is 6.02. The molecule has 0 spiro atoms. The molecular formula is C18H23N5O. The summed E-state index contributed by atoms with van der Waals surface area (Å²) in [6.07, 6.45) is 0.913. The van der Waals surface area contributed by atoms with E-state index in [9.17, 15) is 4.79 Å². The summed E-state index contributed by atoms with van der Waals surface area (Å²) in [6, 6.07) is 10.4. The van der Waals surface area contributed by atoms with Crippen LogP contribution in [-0.2, 0) is 17.9 Å². The van der Waals surface area contributed by atoms with E-state index in [4.69, 9.17) is 0 Å². The number of benzene rings is 1. The van der Waals surface area contributed by atoms with Crippen LogP contribution in [0.5, 0.6) is 0 Å². The van der Waals surface area contributed by atoms with E-state index in [0.717, 1.165) is 43.3 Å². The molecule has 0 bridgehead atoms. The van der Waals surface area contributed by atoms with Crippen molar-refractivity contribution < 1.29 is 4.79 Å². The number of carbonyl (C=O) groups is 1. The molecule has 1 amide bonds. The Kier molecular flexibility index (Phi) is 3.84. The van der Waals surface area contributed by atoms with Crippen molar-refractivity contribution in [2.45, 2.75) is 45.4 Å². The molecule has 126 valence electrons. The van der Waals surface area contributed by atoms with E-state index in [1.807, 2.05) is 23.1 Å². The molecule has 2 aliphatic heterocycles. The lowest BCUT2D eigenvalue weighted by molar-refractivity contribution is -0.134. The van der Waals surface area contributed by atoms with Gasteiger partial charge in [0.05, 0.1) is 12.6 Å². The molecule has 1 aromatic carbocycles. The smallest absolute Gasteiger partial charge is 0.240 e. The maximum absolute atomic E-state index is 12.6. The van der Waals surface area contributed by atoms with Crippen molar-refractivity contribution in [2.75, 3.05) is 13.1 Å². The van der Waals surface area contributed by atoms with E-state index in [1.54, 1.807) is 0 Å². The van der Waals surface area contributed by atoms with Gasteiger partial charge in [-0.15, -0.1) is 10.2 Å². The Morgan fingerprint density at radius 3 is 2.58 bits per heavy atom. The predicted molar refractivity (Wildman–Crippen MR) is 91.1 cm³/mol. The number of nitrogens with zero attached hydrogens (tertiary/aromatic N) is 5. The molecule has 1 fully saturated rings. The highest BCUT2D eigenvalue weighted by Crippen LogP contribution is 2.26. The zero-order valence-corrected chi connectivity index (χ0v) is 14.2.